The molecule has 0 radical (unpaired) electrons. The van der Waals surface area contributed by atoms with Gasteiger partial charge in [0.2, 0.25) is 5.78 Å². The van der Waals surface area contributed by atoms with Crippen molar-refractivity contribution in [3.8, 4) is 5.75 Å². The molecule has 1 fully saturated rings. The minimum Gasteiger partial charge on any atom is -0.508 e. The summed E-state index contributed by atoms with van der Waals surface area (Å²) in [6.07, 6.45) is -0.0188. The maximum atomic E-state index is 13.7. The summed E-state index contributed by atoms with van der Waals surface area (Å²) in [7, 11) is 3.64. The number of aliphatic hydroxyl groups is 3. The Balaban J connectivity index is 1.64. The minimum absolute atomic E-state index is 0.0545. The third-order valence-electron chi connectivity index (χ3n) is 7.85. The van der Waals surface area contributed by atoms with Crippen LogP contribution >= 0.6 is 0 Å². The predicted molar refractivity (Wildman–Crippen MR) is 139 cm³/mol. The number of hydrogen-bond acceptors (Lipinski definition) is 9. The van der Waals surface area contributed by atoms with Crippen LogP contribution in [0.3, 0.4) is 0 Å². The molecule has 0 aromatic heterocycles. The first-order valence-electron chi connectivity index (χ1n) is 12.3. The number of amides is 1. The number of Topliss-reactive ketones (excluding diaryl/α,β-unsaturated/α-hetero) is 2. The zero-order valence-electron chi connectivity index (χ0n) is 21.0. The molecule has 10 heteroatoms. The van der Waals surface area contributed by atoms with E-state index < -0.39 is 52.0 Å². The van der Waals surface area contributed by atoms with E-state index in [0.29, 0.717) is 23.5 Å². The highest BCUT2D eigenvalue weighted by molar-refractivity contribution is 6.22. The summed E-state index contributed by atoms with van der Waals surface area (Å²) in [5.74, 6) is -6.45. The Hall–Kier alpha value is -4.31. The first kappa shape index (κ1) is 25.3. The summed E-state index contributed by atoms with van der Waals surface area (Å²) in [6, 6.07) is 11.3. The van der Waals surface area contributed by atoms with Gasteiger partial charge in [-0.05, 0) is 36.0 Å². The molecule has 1 amide bonds. The van der Waals surface area contributed by atoms with Crippen molar-refractivity contribution < 1.29 is 34.8 Å². The number of carbonyl (C=O) groups is 3. The topological polar surface area (TPSA) is 173 Å². The summed E-state index contributed by atoms with van der Waals surface area (Å²) < 4.78 is 0. The van der Waals surface area contributed by atoms with Gasteiger partial charge in [0, 0.05) is 44.2 Å². The number of aromatic hydroxyl groups is 1. The van der Waals surface area contributed by atoms with Gasteiger partial charge in [-0.2, -0.15) is 0 Å². The van der Waals surface area contributed by atoms with Crippen LogP contribution in [0.1, 0.15) is 29.5 Å². The van der Waals surface area contributed by atoms with E-state index in [2.05, 4.69) is 5.32 Å². The molecule has 0 spiro atoms. The smallest absolute Gasteiger partial charge is 0.255 e. The second-order valence-electron chi connectivity index (χ2n) is 10.3. The average molecular weight is 520 g/mol. The van der Waals surface area contributed by atoms with Crippen molar-refractivity contribution in [3.05, 3.63) is 70.0 Å². The van der Waals surface area contributed by atoms with Crippen molar-refractivity contribution in [1.82, 2.24) is 0 Å². The molecule has 2 aromatic carbocycles. The number of benzene rings is 2. The van der Waals surface area contributed by atoms with Gasteiger partial charge >= 0.3 is 0 Å². The second kappa shape index (κ2) is 8.91. The zero-order chi connectivity index (χ0) is 27.5. The molecule has 0 saturated heterocycles. The van der Waals surface area contributed by atoms with Gasteiger partial charge in [-0.15, -0.1) is 0 Å². The Labute approximate surface area is 218 Å². The molecule has 10 nitrogen and oxygen atoms in total. The molecule has 3 aliphatic carbocycles. The van der Waals surface area contributed by atoms with Crippen molar-refractivity contribution in [3.63, 3.8) is 0 Å². The van der Waals surface area contributed by atoms with Gasteiger partial charge in [0.1, 0.15) is 22.8 Å². The number of ketones is 2. The van der Waals surface area contributed by atoms with Crippen molar-refractivity contribution in [2.75, 3.05) is 24.3 Å². The number of phenols is 1. The number of fused-ring (bicyclic) bond motifs is 3. The Kier molecular flexibility index (Phi) is 5.94. The molecule has 2 aromatic rings. The summed E-state index contributed by atoms with van der Waals surface area (Å²) in [5.41, 5.74) is 4.37. The molecular formula is C28H29N3O7. The van der Waals surface area contributed by atoms with E-state index in [1.807, 2.05) is 49.3 Å². The second-order valence-corrected chi connectivity index (χ2v) is 10.3. The van der Waals surface area contributed by atoms with Crippen LogP contribution in [0, 0.1) is 11.8 Å². The SMILES string of the molecule is CN(C)c1cc(NCc2ccccc2)c(O)c2c1CC1CC3CC(=O)C(C(N)=O)=C(O)C3(O)C(=O)C1=C2O. The van der Waals surface area contributed by atoms with Crippen LogP contribution in [-0.4, -0.2) is 57.6 Å². The number of aliphatic hydroxyl groups excluding tert-OH is 2. The molecular weight excluding hydrogens is 490 g/mol. The number of phenolic OH excluding ortho intramolecular Hbond substituents is 1. The molecule has 0 heterocycles. The lowest BCUT2D eigenvalue weighted by Crippen LogP contribution is -2.58. The number of anilines is 2. The van der Waals surface area contributed by atoms with Crippen LogP contribution in [0.5, 0.6) is 5.75 Å². The summed E-state index contributed by atoms with van der Waals surface area (Å²) >= 11 is 0. The highest BCUT2D eigenvalue weighted by atomic mass is 16.3. The van der Waals surface area contributed by atoms with E-state index in [-0.39, 0.29) is 36.1 Å². The zero-order valence-corrected chi connectivity index (χ0v) is 21.0. The lowest BCUT2D eigenvalue weighted by atomic mass is 9.59. The van der Waals surface area contributed by atoms with Crippen molar-refractivity contribution >= 4 is 34.6 Å². The molecule has 1 saturated carbocycles. The van der Waals surface area contributed by atoms with Gasteiger partial charge in [-0.25, -0.2) is 0 Å². The van der Waals surface area contributed by atoms with E-state index in [0.717, 1.165) is 5.56 Å². The van der Waals surface area contributed by atoms with Crippen LogP contribution in [0.2, 0.25) is 0 Å². The first-order valence-corrected chi connectivity index (χ1v) is 12.3. The minimum atomic E-state index is -2.58. The van der Waals surface area contributed by atoms with Gasteiger partial charge in [-0.3, -0.25) is 14.4 Å². The lowest BCUT2D eigenvalue weighted by Gasteiger charge is -2.46. The lowest BCUT2D eigenvalue weighted by molar-refractivity contribution is -0.147. The number of carbonyl (C=O) groups excluding carboxylic acids is 3. The molecule has 5 rings (SSSR count). The van der Waals surface area contributed by atoms with Gasteiger partial charge < -0.3 is 36.4 Å². The highest BCUT2D eigenvalue weighted by Crippen LogP contribution is 2.54. The summed E-state index contributed by atoms with van der Waals surface area (Å²) in [5, 5.41) is 48.0. The Morgan fingerprint density at radius 2 is 1.82 bits per heavy atom. The fourth-order valence-corrected chi connectivity index (χ4v) is 6.00. The summed E-state index contributed by atoms with van der Waals surface area (Å²) in [4.78, 5) is 39.9. The molecule has 0 aliphatic heterocycles. The number of primary amides is 1. The van der Waals surface area contributed by atoms with E-state index in [1.165, 1.54) is 0 Å². The van der Waals surface area contributed by atoms with Gasteiger partial charge in [0.25, 0.3) is 5.91 Å². The van der Waals surface area contributed by atoms with Crippen LogP contribution in [0.4, 0.5) is 11.4 Å². The monoisotopic (exact) mass is 519 g/mol. The first-order chi connectivity index (χ1) is 18.0. The molecule has 7 N–H and O–H groups in total. The molecule has 3 atom stereocenters. The molecule has 0 bridgehead atoms. The Bertz CT molecular complexity index is 1440. The quantitative estimate of drug-likeness (QED) is 0.255. The van der Waals surface area contributed by atoms with Crippen LogP contribution in [-0.2, 0) is 27.3 Å². The van der Waals surface area contributed by atoms with Crippen molar-refractivity contribution in [1.29, 1.82) is 0 Å². The third kappa shape index (κ3) is 3.63. The van der Waals surface area contributed by atoms with E-state index >= 15 is 0 Å². The fourth-order valence-electron chi connectivity index (χ4n) is 6.00. The number of rotatable bonds is 5. The maximum Gasteiger partial charge on any atom is 0.255 e. The summed E-state index contributed by atoms with van der Waals surface area (Å²) in [6.45, 7) is 0.392. The molecule has 198 valence electrons. The number of nitrogens with two attached hydrogens (primary N) is 1. The molecule has 3 aliphatic rings. The largest absolute Gasteiger partial charge is 0.508 e. The third-order valence-corrected chi connectivity index (χ3v) is 7.85. The number of nitrogens with zero attached hydrogens (tertiary/aromatic N) is 1. The normalized spacial score (nSPS) is 24.5. The number of nitrogens with one attached hydrogen (secondary N) is 1. The molecule has 38 heavy (non-hydrogen) atoms. The fraction of sp³-hybridized carbons (Fsp3) is 0.321. The van der Waals surface area contributed by atoms with Gasteiger partial charge in [0.15, 0.2) is 11.4 Å². The van der Waals surface area contributed by atoms with Crippen LogP contribution in [0.25, 0.3) is 5.76 Å². The van der Waals surface area contributed by atoms with E-state index in [1.54, 1.807) is 6.07 Å². The van der Waals surface area contributed by atoms with Crippen LogP contribution < -0.4 is 16.0 Å². The standard InChI is InChI=1S/C28H29N3O7/c1-31(2)18-11-17(30-12-13-6-4-3-5-7-13)23(33)21-16(18)9-14-8-15-10-19(32)22(27(29)37)26(36)28(15,38)25(35)20(14)24(21)34/h3-7,11,14-15,30,33-34,36,38H,8-10,12H2,1-2H3,(H2,29,37). The molecule has 3 unspecified atom stereocenters. The van der Waals surface area contributed by atoms with Crippen LogP contribution in [0.15, 0.2) is 53.3 Å². The maximum absolute atomic E-state index is 13.7. The van der Waals surface area contributed by atoms with Gasteiger partial charge in [-0.1, -0.05) is 30.3 Å². The Morgan fingerprint density at radius 1 is 1.13 bits per heavy atom. The van der Waals surface area contributed by atoms with Gasteiger partial charge in [0.05, 0.1) is 11.3 Å². The highest BCUT2D eigenvalue weighted by Gasteiger charge is 2.60. The van der Waals surface area contributed by atoms with Crippen molar-refractivity contribution in [2.24, 2.45) is 17.6 Å². The average Bonchev–Trinajstić information content (AvgIpc) is 2.86. The number of hydrogen-bond donors (Lipinski definition) is 6. The van der Waals surface area contributed by atoms with E-state index in [4.69, 9.17) is 5.73 Å². The van der Waals surface area contributed by atoms with Crippen molar-refractivity contribution in [2.45, 2.75) is 31.4 Å². The predicted octanol–water partition coefficient (Wildman–Crippen LogP) is 2.10. The Morgan fingerprint density at radius 3 is 2.45 bits per heavy atom. The van der Waals surface area contributed by atoms with E-state index in [9.17, 15) is 34.8 Å².